The molecule has 4 nitrogen and oxygen atoms in total. The zero-order chi connectivity index (χ0) is 29.9. The van der Waals surface area contributed by atoms with Gasteiger partial charge in [0.2, 0.25) is 0 Å². The van der Waals surface area contributed by atoms with Gasteiger partial charge in [0.05, 0.1) is 0 Å². The molecule has 0 saturated heterocycles. The molecule has 0 fully saturated rings. The Labute approximate surface area is 291 Å². The molecule has 0 atom stereocenters. The minimum atomic E-state index is -0.639. The first-order valence-electron chi connectivity index (χ1n) is 17.4. The van der Waals surface area contributed by atoms with E-state index < -0.39 is 5.24 Å². The van der Waals surface area contributed by atoms with Gasteiger partial charge >= 0.3 is 29.6 Å². The second kappa shape index (κ2) is 40.6. The van der Waals surface area contributed by atoms with E-state index in [-0.39, 0.29) is 36.2 Å². The smallest absolute Gasteiger partial charge is 1.00 e. The molecule has 0 aromatic rings. The number of nitrogens with two attached hydrogens (primary N) is 1. The minimum absolute atomic E-state index is 0. The summed E-state index contributed by atoms with van der Waals surface area (Å²) in [6.07, 6.45) is 38.6. The van der Waals surface area contributed by atoms with Gasteiger partial charge in [-0.2, -0.15) is 0 Å². The molecule has 2 N–H and O–H groups in total. The molecule has 0 unspecified atom stereocenters. The Bertz CT molecular complexity index is 498. The molecule has 0 bridgehead atoms. The van der Waals surface area contributed by atoms with Gasteiger partial charge in [-0.3, -0.25) is 9.59 Å². The van der Waals surface area contributed by atoms with Gasteiger partial charge in [-0.15, -0.1) is 0 Å². The van der Waals surface area contributed by atoms with Crippen molar-refractivity contribution in [3.8, 4) is 0 Å². The first kappa shape index (κ1) is 46.1. The molecule has 0 aliphatic carbocycles. The Morgan fingerprint density at radius 3 is 0.805 bits per heavy atom. The van der Waals surface area contributed by atoms with Crippen LogP contribution in [-0.2, 0) is 0 Å². The van der Waals surface area contributed by atoms with Crippen LogP contribution < -0.4 is 35.3 Å². The zero-order valence-corrected chi connectivity index (χ0v) is 31.7. The van der Waals surface area contributed by atoms with Crippen LogP contribution in [0.1, 0.15) is 195 Å². The normalized spacial score (nSPS) is 10.5. The summed E-state index contributed by atoms with van der Waals surface area (Å²) in [5.41, 5.74) is 4.34. The standard InChI is InChI=1S/C33H67NOS.CH3NOS.Na.H/c1-3-5-7-9-11-13-15-17-19-21-23-25-27-29-31-34(33(35)36)32-30-28-26-24-22-20-18-16-14-12-10-8-6-4-2;2-1(3)4;;/h3-32H2,1-2H3,(H,35,36);(H3,2,3,4);;/q;;+1;-1. The van der Waals surface area contributed by atoms with E-state index in [1.54, 1.807) is 0 Å². The van der Waals surface area contributed by atoms with Gasteiger partial charge in [-0.1, -0.05) is 206 Å². The molecule has 2 amide bonds. The van der Waals surface area contributed by atoms with E-state index in [1.807, 2.05) is 4.90 Å². The first-order valence-corrected chi connectivity index (χ1v) is 18.3. The average molecular weight is 627 g/mol. The molecule has 0 rings (SSSR count). The number of hydrogen-bond donors (Lipinski definition) is 3. The Hall–Kier alpha value is 0.640. The van der Waals surface area contributed by atoms with Crippen molar-refractivity contribution in [1.82, 2.24) is 4.90 Å². The number of unbranched alkanes of at least 4 members (excludes halogenated alkanes) is 26. The summed E-state index contributed by atoms with van der Waals surface area (Å²) in [4.78, 5) is 22.9. The Kier molecular flexibility index (Phi) is 45.7. The quantitative estimate of drug-likeness (QED) is 0.0422. The maximum absolute atomic E-state index is 11.9. The molecular weight excluding hydrogens is 556 g/mol. The van der Waals surface area contributed by atoms with E-state index in [1.165, 1.54) is 167 Å². The number of rotatable bonds is 30. The summed E-state index contributed by atoms with van der Waals surface area (Å²) < 4.78 is 0. The number of carbonyl (C=O) groups is 2. The van der Waals surface area contributed by atoms with Gasteiger partial charge in [0.25, 0.3) is 10.5 Å². The summed E-state index contributed by atoms with van der Waals surface area (Å²) >= 11 is 7.23. The third-order valence-electron chi connectivity index (χ3n) is 7.83. The SMILES string of the molecule is CCCCCCCCCCCCCCCCN(CCCCCCCCCCCCCCCC)C(=O)S.NC(=O)S.[H-].[Na+]. The monoisotopic (exact) mass is 626 g/mol. The number of thiol groups is 2. The van der Waals surface area contributed by atoms with Crippen LogP contribution >= 0.6 is 25.3 Å². The molecule has 0 aliphatic rings. The van der Waals surface area contributed by atoms with Crippen LogP contribution in [0, 0.1) is 0 Å². The second-order valence-electron chi connectivity index (χ2n) is 11.8. The number of carbonyl (C=O) groups excluding carboxylic acids is 2. The Morgan fingerprint density at radius 2 is 0.634 bits per heavy atom. The first-order chi connectivity index (χ1) is 19.5. The topological polar surface area (TPSA) is 63.4 Å². The van der Waals surface area contributed by atoms with Gasteiger partial charge in [-0.25, -0.2) is 0 Å². The van der Waals surface area contributed by atoms with Crippen LogP contribution in [0.2, 0.25) is 0 Å². The van der Waals surface area contributed by atoms with E-state index in [4.69, 9.17) is 4.79 Å². The fourth-order valence-corrected chi connectivity index (χ4v) is 5.50. The van der Waals surface area contributed by atoms with E-state index in [9.17, 15) is 4.79 Å². The van der Waals surface area contributed by atoms with Crippen LogP contribution in [0.3, 0.4) is 0 Å². The molecule has 0 spiro atoms. The van der Waals surface area contributed by atoms with Crippen molar-refractivity contribution in [1.29, 1.82) is 0 Å². The van der Waals surface area contributed by atoms with Crippen LogP contribution in [0.5, 0.6) is 0 Å². The number of hydrogen-bond acceptors (Lipinski definition) is 2. The van der Waals surface area contributed by atoms with Gasteiger partial charge in [0, 0.05) is 13.1 Å². The van der Waals surface area contributed by atoms with Crippen LogP contribution in [-0.4, -0.2) is 28.5 Å². The van der Waals surface area contributed by atoms with E-state index in [0.717, 1.165) is 25.9 Å². The Balaban J connectivity index is -0.00000112. The van der Waals surface area contributed by atoms with Gasteiger partial charge in [0.15, 0.2) is 0 Å². The van der Waals surface area contributed by atoms with Crippen molar-refractivity contribution in [3.05, 3.63) is 0 Å². The van der Waals surface area contributed by atoms with E-state index in [0.29, 0.717) is 0 Å². The molecule has 7 heteroatoms. The van der Waals surface area contributed by atoms with Crippen molar-refractivity contribution in [2.75, 3.05) is 13.1 Å². The van der Waals surface area contributed by atoms with E-state index >= 15 is 0 Å². The number of amides is 2. The molecular formula is C34H71N2NaO2S2. The fourth-order valence-electron chi connectivity index (χ4n) is 5.30. The molecule has 0 aromatic heterocycles. The fraction of sp³-hybridized carbons (Fsp3) is 0.941. The van der Waals surface area contributed by atoms with Gasteiger partial charge in [0.1, 0.15) is 0 Å². The van der Waals surface area contributed by atoms with Crippen LogP contribution in [0.25, 0.3) is 0 Å². The third kappa shape index (κ3) is 45.2. The van der Waals surface area contributed by atoms with Crippen LogP contribution in [0.4, 0.5) is 9.59 Å². The predicted octanol–water partition coefficient (Wildman–Crippen LogP) is 9.41. The molecule has 0 saturated carbocycles. The molecule has 0 aromatic carbocycles. The maximum Gasteiger partial charge on any atom is 1.00 e. The predicted molar refractivity (Wildman–Crippen MR) is 186 cm³/mol. The molecule has 0 aliphatic heterocycles. The van der Waals surface area contributed by atoms with Crippen molar-refractivity contribution in [2.45, 2.75) is 194 Å². The van der Waals surface area contributed by atoms with Crippen molar-refractivity contribution in [2.24, 2.45) is 5.73 Å². The maximum atomic E-state index is 11.9. The number of primary amides is 1. The summed E-state index contributed by atoms with van der Waals surface area (Å²) in [6.45, 7) is 6.38. The Morgan fingerprint density at radius 1 is 0.463 bits per heavy atom. The summed E-state index contributed by atoms with van der Waals surface area (Å²) in [5.74, 6) is 0. The van der Waals surface area contributed by atoms with E-state index in [2.05, 4.69) is 44.8 Å². The minimum Gasteiger partial charge on any atom is -1.00 e. The van der Waals surface area contributed by atoms with Crippen LogP contribution in [0.15, 0.2) is 0 Å². The number of nitrogens with zero attached hydrogens (tertiary/aromatic N) is 1. The molecule has 0 heterocycles. The van der Waals surface area contributed by atoms with Gasteiger partial charge in [-0.05, 0) is 12.8 Å². The molecule has 0 radical (unpaired) electrons. The molecule has 41 heavy (non-hydrogen) atoms. The average Bonchev–Trinajstić information content (AvgIpc) is 2.91. The second-order valence-corrected chi connectivity index (χ2v) is 12.6. The van der Waals surface area contributed by atoms with Crippen molar-refractivity contribution >= 4 is 35.7 Å². The summed E-state index contributed by atoms with van der Waals surface area (Å²) in [5, 5.41) is -0.667. The summed E-state index contributed by atoms with van der Waals surface area (Å²) in [6, 6.07) is 0. The van der Waals surface area contributed by atoms with Crippen molar-refractivity contribution < 1.29 is 40.6 Å². The largest absolute Gasteiger partial charge is 1.00 e. The summed E-state index contributed by atoms with van der Waals surface area (Å²) in [7, 11) is 0. The van der Waals surface area contributed by atoms with Crippen molar-refractivity contribution in [3.63, 3.8) is 0 Å². The third-order valence-corrected chi connectivity index (χ3v) is 8.12. The molecule has 242 valence electrons. The zero-order valence-electron chi connectivity index (χ0n) is 28.9. The van der Waals surface area contributed by atoms with Gasteiger partial charge < -0.3 is 12.1 Å².